The van der Waals surface area contributed by atoms with Gasteiger partial charge in [0.15, 0.2) is 0 Å². The molecule has 3 aromatic heterocycles. The molecule has 0 aliphatic heterocycles. The average Bonchev–Trinajstić information content (AvgIpc) is 3.92. The van der Waals surface area contributed by atoms with Crippen molar-refractivity contribution in [3.63, 3.8) is 0 Å². The van der Waals surface area contributed by atoms with Gasteiger partial charge in [0, 0.05) is 49.4 Å². The molecule has 0 aliphatic carbocycles. The smallest absolute Gasteiger partial charge is 0.0542 e. The molecule has 0 unspecified atom stereocenters. The zero-order chi connectivity index (χ0) is 37.5. The highest BCUT2D eigenvalue weighted by Crippen LogP contribution is 2.39. The summed E-state index contributed by atoms with van der Waals surface area (Å²) in [5.74, 6) is 0. The summed E-state index contributed by atoms with van der Waals surface area (Å²) in [6, 6.07) is 77.4. The Morgan fingerprint density at radius 1 is 0.193 bits per heavy atom. The molecule has 9 aromatic carbocycles. The second-order valence-electron chi connectivity index (χ2n) is 15.0. The van der Waals surface area contributed by atoms with E-state index in [1.54, 1.807) is 0 Å². The Hall–Kier alpha value is -7.62. The Balaban J connectivity index is 0.979. The maximum atomic E-state index is 2.43. The highest BCUT2D eigenvalue weighted by Gasteiger charge is 2.18. The van der Waals surface area contributed by atoms with E-state index in [2.05, 4.69) is 226 Å². The predicted molar refractivity (Wildman–Crippen MR) is 240 cm³/mol. The summed E-state index contributed by atoms with van der Waals surface area (Å²) in [6.45, 7) is 0. The second-order valence-corrected chi connectivity index (χ2v) is 15.0. The lowest BCUT2D eigenvalue weighted by Crippen LogP contribution is -1.96. The molecule has 0 spiro atoms. The Bertz CT molecular complexity index is 3440. The first kappa shape index (κ1) is 31.7. The van der Waals surface area contributed by atoms with E-state index in [0.29, 0.717) is 0 Å². The van der Waals surface area contributed by atoms with Gasteiger partial charge in [0.05, 0.1) is 33.1 Å². The molecule has 0 aliphatic rings. The summed E-state index contributed by atoms with van der Waals surface area (Å²) in [5, 5.41) is 7.50. The SMILES string of the molecule is c1ccc(-c2ccc(-c3ccc(-n4c5ccccc5c5cc(-n6c7ccccc7c7cc(-n8c9ccccc9c9ccccc98)ccc76)ccc54)cc3)cc2)cc1. The summed E-state index contributed by atoms with van der Waals surface area (Å²) in [5.41, 5.74) is 15.5. The minimum absolute atomic E-state index is 1.15. The van der Waals surface area contributed by atoms with Crippen LogP contribution in [0.5, 0.6) is 0 Å². The first-order valence-corrected chi connectivity index (χ1v) is 19.6. The van der Waals surface area contributed by atoms with Crippen LogP contribution < -0.4 is 0 Å². The van der Waals surface area contributed by atoms with Gasteiger partial charge in [0.2, 0.25) is 0 Å². The third kappa shape index (κ3) is 4.86. The first-order valence-electron chi connectivity index (χ1n) is 19.6. The van der Waals surface area contributed by atoms with Crippen LogP contribution in [-0.4, -0.2) is 13.7 Å². The number of benzene rings is 9. The summed E-state index contributed by atoms with van der Waals surface area (Å²) in [7, 11) is 0. The Morgan fingerprint density at radius 2 is 0.474 bits per heavy atom. The van der Waals surface area contributed by atoms with Crippen molar-refractivity contribution in [1.29, 1.82) is 0 Å². The zero-order valence-corrected chi connectivity index (χ0v) is 31.0. The van der Waals surface area contributed by atoms with E-state index < -0.39 is 0 Å². The molecule has 57 heavy (non-hydrogen) atoms. The van der Waals surface area contributed by atoms with Crippen molar-refractivity contribution in [2.45, 2.75) is 0 Å². The lowest BCUT2D eigenvalue weighted by Gasteiger charge is -2.12. The molecule has 266 valence electrons. The van der Waals surface area contributed by atoms with Gasteiger partial charge in [-0.1, -0.05) is 140 Å². The molecule has 3 heteroatoms. The molecule has 0 atom stereocenters. The third-order valence-electron chi connectivity index (χ3n) is 11.9. The topological polar surface area (TPSA) is 14.8 Å². The van der Waals surface area contributed by atoms with Crippen molar-refractivity contribution in [2.24, 2.45) is 0 Å². The van der Waals surface area contributed by atoms with Crippen molar-refractivity contribution in [3.05, 3.63) is 212 Å². The highest BCUT2D eigenvalue weighted by atomic mass is 15.0. The molecule has 0 saturated heterocycles. The summed E-state index contributed by atoms with van der Waals surface area (Å²) >= 11 is 0. The largest absolute Gasteiger partial charge is 0.309 e. The van der Waals surface area contributed by atoms with Gasteiger partial charge < -0.3 is 13.7 Å². The van der Waals surface area contributed by atoms with Crippen LogP contribution in [0.1, 0.15) is 0 Å². The Morgan fingerprint density at radius 3 is 0.895 bits per heavy atom. The van der Waals surface area contributed by atoms with E-state index in [1.165, 1.54) is 87.7 Å². The molecule has 0 fully saturated rings. The third-order valence-corrected chi connectivity index (χ3v) is 11.9. The van der Waals surface area contributed by atoms with Gasteiger partial charge >= 0.3 is 0 Å². The van der Waals surface area contributed by atoms with Crippen LogP contribution in [0.15, 0.2) is 212 Å². The van der Waals surface area contributed by atoms with Crippen molar-refractivity contribution in [3.8, 4) is 39.3 Å². The number of aromatic nitrogens is 3. The van der Waals surface area contributed by atoms with Gasteiger partial charge in [-0.05, 0) is 95.1 Å². The number of hydrogen-bond acceptors (Lipinski definition) is 0. The van der Waals surface area contributed by atoms with Gasteiger partial charge in [-0.2, -0.15) is 0 Å². The molecular formula is C54H35N3. The van der Waals surface area contributed by atoms with Crippen LogP contribution in [0.25, 0.3) is 105 Å². The van der Waals surface area contributed by atoms with Crippen LogP contribution in [0.3, 0.4) is 0 Å². The summed E-state index contributed by atoms with van der Waals surface area (Å²) in [4.78, 5) is 0. The number of rotatable bonds is 5. The summed E-state index contributed by atoms with van der Waals surface area (Å²) in [6.07, 6.45) is 0. The predicted octanol–water partition coefficient (Wildman–Crippen LogP) is 14.3. The minimum atomic E-state index is 1.15. The van der Waals surface area contributed by atoms with Crippen LogP contribution in [-0.2, 0) is 0 Å². The van der Waals surface area contributed by atoms with Crippen molar-refractivity contribution in [1.82, 2.24) is 13.7 Å². The number of nitrogens with zero attached hydrogens (tertiary/aromatic N) is 3. The van der Waals surface area contributed by atoms with Gasteiger partial charge in [0.25, 0.3) is 0 Å². The average molecular weight is 726 g/mol. The number of fused-ring (bicyclic) bond motifs is 9. The van der Waals surface area contributed by atoms with Gasteiger partial charge in [0.1, 0.15) is 0 Å². The highest BCUT2D eigenvalue weighted by molar-refractivity contribution is 6.14. The lowest BCUT2D eigenvalue weighted by molar-refractivity contribution is 1.16. The number of para-hydroxylation sites is 4. The van der Waals surface area contributed by atoms with E-state index in [1.807, 2.05) is 0 Å². The molecule has 0 saturated carbocycles. The summed E-state index contributed by atoms with van der Waals surface area (Å²) < 4.78 is 7.25. The fraction of sp³-hybridized carbons (Fsp3) is 0. The van der Waals surface area contributed by atoms with Gasteiger partial charge in [-0.15, -0.1) is 0 Å². The van der Waals surface area contributed by atoms with Crippen LogP contribution in [0, 0.1) is 0 Å². The number of hydrogen-bond donors (Lipinski definition) is 0. The fourth-order valence-corrected chi connectivity index (χ4v) is 9.25. The monoisotopic (exact) mass is 725 g/mol. The molecule has 0 radical (unpaired) electrons. The van der Waals surface area contributed by atoms with E-state index in [4.69, 9.17) is 0 Å². The van der Waals surface area contributed by atoms with Gasteiger partial charge in [-0.25, -0.2) is 0 Å². The quantitative estimate of drug-likeness (QED) is 0.168. The second kappa shape index (κ2) is 12.5. The van der Waals surface area contributed by atoms with E-state index in [9.17, 15) is 0 Å². The van der Waals surface area contributed by atoms with E-state index in [-0.39, 0.29) is 0 Å². The van der Waals surface area contributed by atoms with Crippen molar-refractivity contribution < 1.29 is 0 Å². The van der Waals surface area contributed by atoms with E-state index >= 15 is 0 Å². The fourth-order valence-electron chi connectivity index (χ4n) is 9.25. The standard InChI is InChI=1S/C54H35N3/c1-2-12-36(13-3-1)37-22-24-38(25-23-37)39-26-28-40(29-27-39)55-51-20-10-6-16-45(51)47-35-42(30-32-53(47)55)57-52-21-11-7-17-46(52)48-34-41(31-33-54(48)57)56-49-18-8-4-14-43(49)44-15-5-9-19-50(44)56/h1-35H. The maximum Gasteiger partial charge on any atom is 0.0542 e. The van der Waals surface area contributed by atoms with Crippen molar-refractivity contribution in [2.75, 3.05) is 0 Å². The van der Waals surface area contributed by atoms with Crippen molar-refractivity contribution >= 4 is 65.4 Å². The van der Waals surface area contributed by atoms with Crippen LogP contribution in [0.2, 0.25) is 0 Å². The molecular weight excluding hydrogens is 691 g/mol. The maximum absolute atomic E-state index is 2.43. The van der Waals surface area contributed by atoms with Gasteiger partial charge in [-0.3, -0.25) is 0 Å². The molecule has 0 N–H and O–H groups in total. The molecule has 3 heterocycles. The molecule has 0 bridgehead atoms. The van der Waals surface area contributed by atoms with E-state index in [0.717, 1.165) is 17.1 Å². The normalized spacial score (nSPS) is 11.9. The zero-order valence-electron chi connectivity index (χ0n) is 31.0. The Labute approximate surface area is 329 Å². The molecule has 3 nitrogen and oxygen atoms in total. The first-order chi connectivity index (χ1) is 28.3. The van der Waals surface area contributed by atoms with Crippen LogP contribution in [0.4, 0.5) is 0 Å². The molecule has 0 amide bonds. The Kier molecular flexibility index (Phi) is 6.93. The van der Waals surface area contributed by atoms with Crippen LogP contribution >= 0.6 is 0 Å². The molecule has 12 rings (SSSR count). The minimum Gasteiger partial charge on any atom is -0.309 e. The molecule has 12 aromatic rings. The lowest BCUT2D eigenvalue weighted by atomic mass is 10.0.